The van der Waals surface area contributed by atoms with Gasteiger partial charge in [0.1, 0.15) is 23.7 Å². The Kier molecular flexibility index (Phi) is 6.65. The van der Waals surface area contributed by atoms with Crippen molar-refractivity contribution in [2.24, 2.45) is 0 Å². The first-order valence-electron chi connectivity index (χ1n) is 12.2. The Morgan fingerprint density at radius 1 is 1.15 bits per heavy atom. The SMILES string of the molecule is C=CCOc1ccc(C2/C(=C(\O)c3nc4c(C)cccn4c3C)C(=O)C(=O)N2c2nc(C)c(C(C)=O)s2)cc1. The molecule has 1 atom stereocenters. The number of anilines is 1. The van der Waals surface area contributed by atoms with E-state index in [9.17, 15) is 19.5 Å². The fourth-order valence-corrected chi connectivity index (χ4v) is 5.72. The van der Waals surface area contributed by atoms with Crippen LogP contribution >= 0.6 is 11.3 Å². The molecule has 5 rings (SSSR count). The number of aryl methyl sites for hydroxylation is 3. The van der Waals surface area contributed by atoms with Crippen molar-refractivity contribution >= 4 is 45.3 Å². The van der Waals surface area contributed by atoms with E-state index in [4.69, 9.17) is 4.74 Å². The molecule has 1 aliphatic heterocycles. The van der Waals surface area contributed by atoms with Crippen LogP contribution in [0.25, 0.3) is 11.4 Å². The van der Waals surface area contributed by atoms with Gasteiger partial charge in [-0.25, -0.2) is 9.97 Å². The summed E-state index contributed by atoms with van der Waals surface area (Å²) in [6.07, 6.45) is 3.44. The lowest BCUT2D eigenvalue weighted by atomic mass is 9.96. The number of aromatic nitrogens is 3. The van der Waals surface area contributed by atoms with Crippen molar-refractivity contribution in [3.05, 3.63) is 93.9 Å². The second-order valence-electron chi connectivity index (χ2n) is 9.24. The number of Topliss-reactive ketones (excluding diaryl/α,β-unsaturated/α-hetero) is 2. The maximum absolute atomic E-state index is 13.5. The van der Waals surface area contributed by atoms with Crippen molar-refractivity contribution in [3.63, 3.8) is 0 Å². The number of nitrogens with zero attached hydrogens (tertiary/aromatic N) is 4. The van der Waals surface area contributed by atoms with Gasteiger partial charge in [-0.1, -0.05) is 42.2 Å². The number of aliphatic hydroxyl groups is 1. The number of imidazole rings is 1. The molecule has 0 aliphatic carbocycles. The number of rotatable bonds is 7. The molecule has 1 unspecified atom stereocenters. The molecule has 198 valence electrons. The van der Waals surface area contributed by atoms with E-state index in [2.05, 4.69) is 16.5 Å². The summed E-state index contributed by atoms with van der Waals surface area (Å²) in [4.78, 5) is 49.9. The molecule has 1 amide bonds. The van der Waals surface area contributed by atoms with Crippen molar-refractivity contribution < 1.29 is 24.2 Å². The number of benzene rings is 1. The first-order valence-corrected chi connectivity index (χ1v) is 13.0. The van der Waals surface area contributed by atoms with Gasteiger partial charge in [-0.3, -0.25) is 19.3 Å². The molecule has 1 aromatic carbocycles. The standard InChI is InChI=1S/C29H26N4O5S/c1-6-14-38-20-11-9-19(10-12-20)23-21(24(35)22-17(4)32-13-7-8-15(2)27(32)31-22)25(36)28(37)33(23)29-30-16(3)26(39-29)18(5)34/h6-13,23,35H,1,14H2,2-5H3/b24-21+. The van der Waals surface area contributed by atoms with Gasteiger partial charge in [-0.15, -0.1) is 0 Å². The lowest BCUT2D eigenvalue weighted by molar-refractivity contribution is -0.132. The van der Waals surface area contributed by atoms with Crippen molar-refractivity contribution in [1.82, 2.24) is 14.4 Å². The molecule has 3 aromatic heterocycles. The number of aliphatic hydroxyl groups excluding tert-OH is 1. The Bertz CT molecular complexity index is 1700. The normalized spacial score (nSPS) is 16.7. The Morgan fingerprint density at radius 3 is 2.49 bits per heavy atom. The number of thiazole rings is 1. The third-order valence-electron chi connectivity index (χ3n) is 6.63. The highest BCUT2D eigenvalue weighted by Crippen LogP contribution is 2.44. The summed E-state index contributed by atoms with van der Waals surface area (Å²) in [5, 5.41) is 11.8. The molecule has 1 saturated heterocycles. The van der Waals surface area contributed by atoms with Crippen LogP contribution in [-0.4, -0.2) is 43.6 Å². The predicted octanol–water partition coefficient (Wildman–Crippen LogP) is 5.11. The van der Waals surface area contributed by atoms with Gasteiger partial charge < -0.3 is 14.2 Å². The number of carbonyl (C=O) groups excluding carboxylic acids is 3. The molecule has 1 fully saturated rings. The number of fused-ring (bicyclic) bond motifs is 1. The van der Waals surface area contributed by atoms with Crippen LogP contribution in [0.15, 0.2) is 60.8 Å². The summed E-state index contributed by atoms with van der Waals surface area (Å²) in [6.45, 7) is 10.7. The van der Waals surface area contributed by atoms with Gasteiger partial charge in [0.25, 0.3) is 5.78 Å². The number of carbonyl (C=O) groups is 3. The molecule has 4 aromatic rings. The van der Waals surface area contributed by atoms with E-state index in [1.807, 2.05) is 29.7 Å². The minimum absolute atomic E-state index is 0.110. The number of pyridine rings is 1. The van der Waals surface area contributed by atoms with Crippen molar-refractivity contribution in [3.8, 4) is 5.75 Å². The van der Waals surface area contributed by atoms with Crippen molar-refractivity contribution in [1.29, 1.82) is 0 Å². The van der Waals surface area contributed by atoms with E-state index in [1.165, 1.54) is 11.8 Å². The Labute approximate surface area is 228 Å². The number of hydrogen-bond acceptors (Lipinski definition) is 8. The second-order valence-corrected chi connectivity index (χ2v) is 10.2. The first kappa shape index (κ1) is 26.1. The monoisotopic (exact) mass is 542 g/mol. The van der Waals surface area contributed by atoms with Gasteiger partial charge in [0.05, 0.1) is 27.9 Å². The maximum Gasteiger partial charge on any atom is 0.301 e. The Hall–Kier alpha value is -4.57. The lowest BCUT2D eigenvalue weighted by Gasteiger charge is -2.23. The molecule has 0 saturated carbocycles. The summed E-state index contributed by atoms with van der Waals surface area (Å²) in [7, 11) is 0. The van der Waals surface area contributed by atoms with E-state index in [-0.39, 0.29) is 27.9 Å². The average Bonchev–Trinajstić information content (AvgIpc) is 3.55. The molecule has 39 heavy (non-hydrogen) atoms. The van der Waals surface area contributed by atoms with Crippen LogP contribution in [0, 0.1) is 20.8 Å². The highest BCUT2D eigenvalue weighted by molar-refractivity contribution is 7.18. The van der Waals surface area contributed by atoms with Crippen LogP contribution in [0.2, 0.25) is 0 Å². The topological polar surface area (TPSA) is 114 Å². The van der Waals surface area contributed by atoms with Crippen LogP contribution in [0.5, 0.6) is 5.75 Å². The largest absolute Gasteiger partial charge is 0.505 e. The third kappa shape index (κ3) is 4.32. The predicted molar refractivity (Wildman–Crippen MR) is 148 cm³/mol. The molecule has 1 N–H and O–H groups in total. The summed E-state index contributed by atoms with van der Waals surface area (Å²) in [5.74, 6) is -1.71. The first-order chi connectivity index (χ1) is 18.6. The summed E-state index contributed by atoms with van der Waals surface area (Å²) < 4.78 is 7.41. The van der Waals surface area contributed by atoms with E-state index >= 15 is 0 Å². The van der Waals surface area contributed by atoms with E-state index < -0.39 is 17.7 Å². The lowest BCUT2D eigenvalue weighted by Crippen LogP contribution is -2.29. The summed E-state index contributed by atoms with van der Waals surface area (Å²) in [6, 6.07) is 9.64. The zero-order chi connectivity index (χ0) is 28.0. The maximum atomic E-state index is 13.5. The van der Waals surface area contributed by atoms with Crippen LogP contribution in [0.1, 0.15) is 50.8 Å². The zero-order valence-corrected chi connectivity index (χ0v) is 22.7. The number of amides is 1. The van der Waals surface area contributed by atoms with Crippen molar-refractivity contribution in [2.75, 3.05) is 11.5 Å². The molecule has 0 bridgehead atoms. The molecule has 0 spiro atoms. The molecular formula is C29H26N4O5S. The Morgan fingerprint density at radius 2 is 1.87 bits per heavy atom. The van der Waals surface area contributed by atoms with Crippen LogP contribution in [0.3, 0.4) is 0 Å². The smallest absolute Gasteiger partial charge is 0.301 e. The molecule has 9 nitrogen and oxygen atoms in total. The molecule has 1 aliphatic rings. The molecule has 4 heterocycles. The van der Waals surface area contributed by atoms with Gasteiger partial charge in [-0.05, 0) is 50.1 Å². The van der Waals surface area contributed by atoms with Crippen molar-refractivity contribution in [2.45, 2.75) is 33.7 Å². The van der Waals surface area contributed by atoms with Gasteiger partial charge in [0, 0.05) is 13.1 Å². The Balaban J connectivity index is 1.72. The van der Waals surface area contributed by atoms with E-state index in [1.54, 1.807) is 44.2 Å². The quantitative estimate of drug-likeness (QED) is 0.113. The molecular weight excluding hydrogens is 516 g/mol. The summed E-state index contributed by atoms with van der Waals surface area (Å²) in [5.41, 5.74) is 3.25. The van der Waals surface area contributed by atoms with Gasteiger partial charge in [0.15, 0.2) is 16.7 Å². The minimum Gasteiger partial charge on any atom is -0.505 e. The highest BCUT2D eigenvalue weighted by atomic mass is 32.1. The highest BCUT2D eigenvalue weighted by Gasteiger charge is 2.48. The molecule has 0 radical (unpaired) electrons. The zero-order valence-electron chi connectivity index (χ0n) is 21.9. The molecule has 10 heteroatoms. The fourth-order valence-electron chi connectivity index (χ4n) is 4.73. The van der Waals surface area contributed by atoms with E-state index in [0.29, 0.717) is 39.8 Å². The van der Waals surface area contributed by atoms with Crippen LogP contribution in [-0.2, 0) is 9.59 Å². The third-order valence-corrected chi connectivity index (χ3v) is 7.89. The van der Waals surface area contributed by atoms with Gasteiger partial charge in [0.2, 0.25) is 0 Å². The van der Waals surface area contributed by atoms with Gasteiger partial charge in [-0.2, -0.15) is 0 Å². The number of ether oxygens (including phenoxy) is 1. The van der Waals surface area contributed by atoms with Crippen LogP contribution in [0.4, 0.5) is 5.13 Å². The van der Waals surface area contributed by atoms with Gasteiger partial charge >= 0.3 is 5.91 Å². The number of hydrogen-bond donors (Lipinski definition) is 1. The van der Waals surface area contributed by atoms with Crippen LogP contribution < -0.4 is 9.64 Å². The van der Waals surface area contributed by atoms with E-state index in [0.717, 1.165) is 16.9 Å². The number of ketones is 2. The minimum atomic E-state index is -1.01. The fraction of sp³-hybridized carbons (Fsp3) is 0.207. The average molecular weight is 543 g/mol. The second kappa shape index (κ2) is 9.95. The summed E-state index contributed by atoms with van der Waals surface area (Å²) >= 11 is 1.03.